The van der Waals surface area contributed by atoms with Crippen LogP contribution in [0.2, 0.25) is 0 Å². The molecule has 0 radical (unpaired) electrons. The molecule has 1 atom stereocenters. The Kier molecular flexibility index (Phi) is 6.56. The second kappa shape index (κ2) is 8.66. The Balaban J connectivity index is 1.80. The third-order valence-electron chi connectivity index (χ3n) is 3.92. The molecule has 1 aromatic carbocycles. The largest absolute Gasteiger partial charge is 0.371 e. The normalized spacial score (nSPS) is 18.8. The molecule has 1 heterocycles. The van der Waals surface area contributed by atoms with Crippen LogP contribution >= 0.6 is 0 Å². The van der Waals surface area contributed by atoms with E-state index in [-0.39, 0.29) is 0 Å². The van der Waals surface area contributed by atoms with Crippen LogP contribution in [0.1, 0.15) is 27.2 Å². The van der Waals surface area contributed by atoms with Crippen molar-refractivity contribution in [2.24, 2.45) is 16.8 Å². The van der Waals surface area contributed by atoms with Crippen LogP contribution in [0.4, 0.5) is 5.69 Å². The summed E-state index contributed by atoms with van der Waals surface area (Å²) in [5, 5.41) is 6.83. The number of guanidine groups is 1. The number of anilines is 1. The zero-order valence-electron chi connectivity index (χ0n) is 14.2. The summed E-state index contributed by atoms with van der Waals surface area (Å²) in [5.41, 5.74) is 1.34. The molecular weight excluding hydrogens is 272 g/mol. The van der Waals surface area contributed by atoms with Crippen molar-refractivity contribution in [3.05, 3.63) is 30.3 Å². The summed E-state index contributed by atoms with van der Waals surface area (Å²) < 4.78 is 0. The Morgan fingerprint density at radius 2 is 2.05 bits per heavy atom. The van der Waals surface area contributed by atoms with Gasteiger partial charge in [-0.1, -0.05) is 32.0 Å². The molecule has 4 nitrogen and oxygen atoms in total. The van der Waals surface area contributed by atoms with Gasteiger partial charge in [-0.25, -0.2) is 0 Å². The highest BCUT2D eigenvalue weighted by molar-refractivity contribution is 5.79. The molecule has 2 N–H and O–H groups in total. The molecule has 0 saturated carbocycles. The van der Waals surface area contributed by atoms with E-state index in [0.29, 0.717) is 11.8 Å². The summed E-state index contributed by atoms with van der Waals surface area (Å²) in [4.78, 5) is 7.11. The Labute approximate surface area is 135 Å². The van der Waals surface area contributed by atoms with Crippen LogP contribution in [0.5, 0.6) is 0 Å². The van der Waals surface area contributed by atoms with Crippen LogP contribution < -0.4 is 15.5 Å². The first-order chi connectivity index (χ1) is 10.7. The summed E-state index contributed by atoms with van der Waals surface area (Å²) in [5.74, 6) is 2.23. The van der Waals surface area contributed by atoms with E-state index in [2.05, 4.69) is 71.6 Å². The van der Waals surface area contributed by atoms with Crippen LogP contribution in [0, 0.1) is 11.8 Å². The fourth-order valence-corrected chi connectivity index (χ4v) is 2.73. The van der Waals surface area contributed by atoms with Crippen LogP contribution in [0.3, 0.4) is 0 Å². The molecule has 0 aromatic heterocycles. The first kappa shape index (κ1) is 16.7. The smallest absolute Gasteiger partial charge is 0.191 e. The summed E-state index contributed by atoms with van der Waals surface area (Å²) in [6, 6.07) is 10.7. The predicted octanol–water partition coefficient (Wildman–Crippen LogP) is 2.72. The predicted molar refractivity (Wildman–Crippen MR) is 95.6 cm³/mol. The summed E-state index contributed by atoms with van der Waals surface area (Å²) in [7, 11) is 0. The lowest BCUT2D eigenvalue weighted by Crippen LogP contribution is -2.40. The van der Waals surface area contributed by atoms with Crippen LogP contribution in [-0.4, -0.2) is 38.7 Å². The minimum absolute atomic E-state index is 0.593. The van der Waals surface area contributed by atoms with Crippen molar-refractivity contribution in [1.82, 2.24) is 10.6 Å². The lowest BCUT2D eigenvalue weighted by atomic mass is 10.1. The Morgan fingerprint density at radius 3 is 2.73 bits per heavy atom. The minimum atomic E-state index is 0.593. The minimum Gasteiger partial charge on any atom is -0.371 e. The van der Waals surface area contributed by atoms with Gasteiger partial charge in [0.1, 0.15) is 0 Å². The van der Waals surface area contributed by atoms with Gasteiger partial charge in [0, 0.05) is 38.4 Å². The molecule has 0 bridgehead atoms. The maximum absolute atomic E-state index is 4.63. The molecule has 2 rings (SSSR count). The molecule has 4 heteroatoms. The van der Waals surface area contributed by atoms with Gasteiger partial charge < -0.3 is 15.5 Å². The summed E-state index contributed by atoms with van der Waals surface area (Å²) in [6.45, 7) is 11.5. The lowest BCUT2D eigenvalue weighted by Gasteiger charge is -2.19. The van der Waals surface area contributed by atoms with Gasteiger partial charge >= 0.3 is 0 Å². The van der Waals surface area contributed by atoms with Crippen molar-refractivity contribution in [1.29, 1.82) is 0 Å². The SMILES string of the molecule is CCNC(=NCC(C)C)NCC1CCN(c2ccccc2)C1. The second-order valence-corrected chi connectivity index (χ2v) is 6.43. The van der Waals surface area contributed by atoms with E-state index < -0.39 is 0 Å². The van der Waals surface area contributed by atoms with Crippen LogP contribution in [0.25, 0.3) is 0 Å². The lowest BCUT2D eigenvalue weighted by molar-refractivity contribution is 0.563. The molecule has 1 unspecified atom stereocenters. The van der Waals surface area contributed by atoms with Crippen molar-refractivity contribution >= 4 is 11.6 Å². The van der Waals surface area contributed by atoms with E-state index in [4.69, 9.17) is 0 Å². The molecule has 1 aliphatic heterocycles. The number of nitrogens with zero attached hydrogens (tertiary/aromatic N) is 2. The fraction of sp³-hybridized carbons (Fsp3) is 0.611. The topological polar surface area (TPSA) is 39.7 Å². The number of benzene rings is 1. The van der Waals surface area contributed by atoms with Crippen molar-refractivity contribution < 1.29 is 0 Å². The number of hydrogen-bond donors (Lipinski definition) is 2. The maximum atomic E-state index is 4.63. The Hall–Kier alpha value is -1.71. The molecular formula is C18H30N4. The zero-order valence-corrected chi connectivity index (χ0v) is 14.2. The molecule has 0 aliphatic carbocycles. The third-order valence-corrected chi connectivity index (χ3v) is 3.92. The Bertz CT molecular complexity index is 455. The zero-order chi connectivity index (χ0) is 15.8. The molecule has 1 fully saturated rings. The van der Waals surface area contributed by atoms with Gasteiger partial charge in [-0.15, -0.1) is 0 Å². The van der Waals surface area contributed by atoms with E-state index in [1.807, 2.05) is 0 Å². The van der Waals surface area contributed by atoms with E-state index in [0.717, 1.165) is 38.7 Å². The third kappa shape index (κ3) is 5.24. The van der Waals surface area contributed by atoms with Gasteiger partial charge in [0.2, 0.25) is 0 Å². The molecule has 0 amide bonds. The summed E-state index contributed by atoms with van der Waals surface area (Å²) >= 11 is 0. The number of para-hydroxylation sites is 1. The molecule has 0 spiro atoms. The van der Waals surface area contributed by atoms with Crippen LogP contribution in [-0.2, 0) is 0 Å². The van der Waals surface area contributed by atoms with E-state index in [1.165, 1.54) is 12.1 Å². The average molecular weight is 302 g/mol. The fourth-order valence-electron chi connectivity index (χ4n) is 2.73. The molecule has 1 aromatic rings. The highest BCUT2D eigenvalue weighted by Crippen LogP contribution is 2.22. The quantitative estimate of drug-likeness (QED) is 0.627. The van der Waals surface area contributed by atoms with Gasteiger partial charge in [-0.3, -0.25) is 4.99 Å². The van der Waals surface area contributed by atoms with E-state index >= 15 is 0 Å². The maximum Gasteiger partial charge on any atom is 0.191 e. The van der Waals surface area contributed by atoms with Gasteiger partial charge in [-0.05, 0) is 37.3 Å². The van der Waals surface area contributed by atoms with Crippen molar-refractivity contribution in [2.75, 3.05) is 37.6 Å². The first-order valence-electron chi connectivity index (χ1n) is 8.51. The van der Waals surface area contributed by atoms with Crippen molar-refractivity contribution in [2.45, 2.75) is 27.2 Å². The molecule has 1 aliphatic rings. The number of rotatable bonds is 6. The number of aliphatic imine (C=N–C) groups is 1. The molecule has 1 saturated heterocycles. The average Bonchev–Trinajstić information content (AvgIpc) is 3.00. The van der Waals surface area contributed by atoms with Gasteiger partial charge in [-0.2, -0.15) is 0 Å². The van der Waals surface area contributed by atoms with Crippen LogP contribution in [0.15, 0.2) is 35.3 Å². The second-order valence-electron chi connectivity index (χ2n) is 6.43. The van der Waals surface area contributed by atoms with E-state index in [9.17, 15) is 0 Å². The number of hydrogen-bond acceptors (Lipinski definition) is 2. The first-order valence-corrected chi connectivity index (χ1v) is 8.51. The highest BCUT2D eigenvalue weighted by Gasteiger charge is 2.22. The Morgan fingerprint density at radius 1 is 1.27 bits per heavy atom. The standard InChI is InChI=1S/C18H30N4/c1-4-19-18(20-12-15(2)3)21-13-16-10-11-22(14-16)17-8-6-5-7-9-17/h5-9,15-16H,4,10-14H2,1-3H3,(H2,19,20,21). The van der Waals surface area contributed by atoms with Crippen molar-refractivity contribution in [3.63, 3.8) is 0 Å². The van der Waals surface area contributed by atoms with Gasteiger partial charge in [0.25, 0.3) is 0 Å². The van der Waals surface area contributed by atoms with Gasteiger partial charge in [0.15, 0.2) is 5.96 Å². The summed E-state index contributed by atoms with van der Waals surface area (Å²) in [6.07, 6.45) is 1.24. The molecule has 22 heavy (non-hydrogen) atoms. The highest BCUT2D eigenvalue weighted by atomic mass is 15.2. The number of nitrogens with one attached hydrogen (secondary N) is 2. The monoisotopic (exact) mass is 302 g/mol. The molecule has 122 valence electrons. The van der Waals surface area contributed by atoms with E-state index in [1.54, 1.807) is 0 Å². The van der Waals surface area contributed by atoms with Crippen molar-refractivity contribution in [3.8, 4) is 0 Å². The van der Waals surface area contributed by atoms with Gasteiger partial charge in [0.05, 0.1) is 0 Å².